The number of hydrogen-bond donors (Lipinski definition) is 3. The summed E-state index contributed by atoms with van der Waals surface area (Å²) in [7, 11) is -4.15. The Hall–Kier alpha value is -2.14. The number of nitrogens with one attached hydrogen (secondary N) is 2. The summed E-state index contributed by atoms with van der Waals surface area (Å²) >= 11 is 0. The Bertz CT molecular complexity index is 734. The molecule has 140 valence electrons. The van der Waals surface area contributed by atoms with E-state index in [-0.39, 0.29) is 19.4 Å². The number of amides is 1. The Labute approximate surface area is 142 Å². The van der Waals surface area contributed by atoms with E-state index in [0.29, 0.717) is 6.07 Å². The average Bonchev–Trinajstić information content (AvgIpc) is 2.50. The zero-order chi connectivity index (χ0) is 19.3. The predicted molar refractivity (Wildman–Crippen MR) is 81.1 cm³/mol. The van der Waals surface area contributed by atoms with Crippen molar-refractivity contribution >= 4 is 21.9 Å². The van der Waals surface area contributed by atoms with Gasteiger partial charge in [-0.1, -0.05) is 6.07 Å². The van der Waals surface area contributed by atoms with Gasteiger partial charge >= 0.3 is 12.1 Å². The number of sulfonamides is 1. The van der Waals surface area contributed by atoms with Crippen molar-refractivity contribution in [2.75, 3.05) is 6.54 Å². The smallest absolute Gasteiger partial charge is 0.416 e. The second-order valence-corrected chi connectivity index (χ2v) is 6.92. The average molecular weight is 382 g/mol. The number of hydrogen-bond acceptors (Lipinski definition) is 4. The maximum Gasteiger partial charge on any atom is 0.416 e. The number of aliphatic carboxylic acids is 1. The van der Waals surface area contributed by atoms with Crippen LogP contribution in [0, 0.1) is 0 Å². The standard InChI is InChI=1S/C14H17F3N2O5S/c1-9(13(21)22)19-12(20)6-3-7-18-25(23,24)11-5-2-4-10(8-11)14(15,16)17/h2,4-5,8-9,18H,3,6-7H2,1H3,(H,19,20)(H,21,22)/t9-/m1/s1. The van der Waals surface area contributed by atoms with Crippen LogP contribution in [0.3, 0.4) is 0 Å². The first-order chi connectivity index (χ1) is 11.4. The van der Waals surface area contributed by atoms with Crippen molar-refractivity contribution in [3.05, 3.63) is 29.8 Å². The van der Waals surface area contributed by atoms with Crippen LogP contribution in [-0.4, -0.2) is 38.0 Å². The van der Waals surface area contributed by atoms with Crippen LogP contribution < -0.4 is 10.0 Å². The lowest BCUT2D eigenvalue weighted by atomic mass is 10.2. The van der Waals surface area contributed by atoms with E-state index in [4.69, 9.17) is 5.11 Å². The first-order valence-corrected chi connectivity index (χ1v) is 8.61. The Balaban J connectivity index is 2.57. The fraction of sp³-hybridized carbons (Fsp3) is 0.429. The highest BCUT2D eigenvalue weighted by Crippen LogP contribution is 2.30. The van der Waals surface area contributed by atoms with Crippen LogP contribution in [0.5, 0.6) is 0 Å². The summed E-state index contributed by atoms with van der Waals surface area (Å²) in [6.45, 7) is 1.09. The molecule has 0 aliphatic heterocycles. The quantitative estimate of drug-likeness (QED) is 0.588. The normalized spacial score (nSPS) is 13.3. The van der Waals surface area contributed by atoms with Crippen molar-refractivity contribution < 1.29 is 36.3 Å². The van der Waals surface area contributed by atoms with E-state index in [2.05, 4.69) is 10.0 Å². The minimum Gasteiger partial charge on any atom is -0.480 e. The van der Waals surface area contributed by atoms with Crippen molar-refractivity contribution in [3.63, 3.8) is 0 Å². The van der Waals surface area contributed by atoms with Gasteiger partial charge in [-0.05, 0) is 31.5 Å². The molecule has 0 saturated heterocycles. The third-order valence-corrected chi connectivity index (χ3v) is 4.55. The summed E-state index contributed by atoms with van der Waals surface area (Å²) in [5.74, 6) is -1.79. The van der Waals surface area contributed by atoms with Gasteiger partial charge in [0.1, 0.15) is 6.04 Å². The van der Waals surface area contributed by atoms with Crippen LogP contribution in [0.2, 0.25) is 0 Å². The summed E-state index contributed by atoms with van der Waals surface area (Å²) in [5.41, 5.74) is -1.09. The predicted octanol–water partition coefficient (Wildman–Crippen LogP) is 1.35. The number of carboxylic acids is 1. The second kappa shape index (κ2) is 8.30. The molecule has 1 amide bonds. The maximum atomic E-state index is 12.6. The van der Waals surface area contributed by atoms with Crippen molar-refractivity contribution in [2.24, 2.45) is 0 Å². The lowest BCUT2D eigenvalue weighted by Crippen LogP contribution is -2.38. The van der Waals surface area contributed by atoms with Gasteiger partial charge in [-0.15, -0.1) is 0 Å². The zero-order valence-corrected chi connectivity index (χ0v) is 13.9. The lowest BCUT2D eigenvalue weighted by molar-refractivity contribution is -0.141. The summed E-state index contributed by atoms with van der Waals surface area (Å²) in [4.78, 5) is 21.5. The van der Waals surface area contributed by atoms with Gasteiger partial charge in [0.05, 0.1) is 10.5 Å². The number of alkyl halides is 3. The van der Waals surface area contributed by atoms with Gasteiger partial charge in [0, 0.05) is 13.0 Å². The molecule has 11 heteroatoms. The highest BCUT2D eigenvalue weighted by molar-refractivity contribution is 7.89. The second-order valence-electron chi connectivity index (χ2n) is 5.15. The van der Waals surface area contributed by atoms with E-state index < -0.39 is 44.6 Å². The Kier molecular flexibility index (Phi) is 6.94. The molecule has 1 aromatic rings. The fourth-order valence-electron chi connectivity index (χ4n) is 1.75. The van der Waals surface area contributed by atoms with E-state index in [1.165, 1.54) is 6.92 Å². The largest absolute Gasteiger partial charge is 0.480 e. The zero-order valence-electron chi connectivity index (χ0n) is 13.1. The molecule has 0 aliphatic carbocycles. The molecule has 0 bridgehead atoms. The van der Waals surface area contributed by atoms with Crippen molar-refractivity contribution in [3.8, 4) is 0 Å². The number of benzene rings is 1. The Morgan fingerprint density at radius 2 is 1.92 bits per heavy atom. The van der Waals surface area contributed by atoms with E-state index >= 15 is 0 Å². The van der Waals surface area contributed by atoms with E-state index in [9.17, 15) is 31.2 Å². The SMILES string of the molecule is C[C@@H](NC(=O)CCCNS(=O)(=O)c1cccc(C(F)(F)F)c1)C(=O)O. The van der Waals surface area contributed by atoms with Gasteiger partial charge in [0.2, 0.25) is 15.9 Å². The molecule has 0 unspecified atom stereocenters. The summed E-state index contributed by atoms with van der Waals surface area (Å²) < 4.78 is 63.9. The molecule has 0 radical (unpaired) electrons. The molecule has 1 aromatic carbocycles. The highest BCUT2D eigenvalue weighted by atomic mass is 32.2. The van der Waals surface area contributed by atoms with Gasteiger partial charge in [0.25, 0.3) is 0 Å². The fourth-order valence-corrected chi connectivity index (χ4v) is 2.87. The maximum absolute atomic E-state index is 12.6. The van der Waals surface area contributed by atoms with Crippen molar-refractivity contribution in [1.29, 1.82) is 0 Å². The Morgan fingerprint density at radius 3 is 2.48 bits per heavy atom. The third-order valence-electron chi connectivity index (χ3n) is 3.09. The molecule has 1 rings (SSSR count). The minimum atomic E-state index is -4.66. The number of rotatable bonds is 8. The molecule has 3 N–H and O–H groups in total. The lowest BCUT2D eigenvalue weighted by Gasteiger charge is -2.11. The van der Waals surface area contributed by atoms with Gasteiger partial charge in [-0.2, -0.15) is 13.2 Å². The van der Waals surface area contributed by atoms with Crippen molar-refractivity contribution in [2.45, 2.75) is 36.9 Å². The molecule has 0 saturated carbocycles. The molecular weight excluding hydrogens is 365 g/mol. The van der Waals surface area contributed by atoms with Crippen LogP contribution in [0.15, 0.2) is 29.2 Å². The van der Waals surface area contributed by atoms with E-state index in [1.807, 2.05) is 0 Å². The van der Waals surface area contributed by atoms with Gasteiger partial charge < -0.3 is 10.4 Å². The molecule has 0 aromatic heterocycles. The number of halogens is 3. The monoisotopic (exact) mass is 382 g/mol. The molecule has 0 fully saturated rings. The highest BCUT2D eigenvalue weighted by Gasteiger charge is 2.31. The van der Waals surface area contributed by atoms with E-state index in [0.717, 1.165) is 18.2 Å². The van der Waals surface area contributed by atoms with E-state index in [1.54, 1.807) is 0 Å². The molecular formula is C14H17F3N2O5S. The summed E-state index contributed by atoms with van der Waals surface area (Å²) in [6.07, 6.45) is -4.75. The van der Waals surface area contributed by atoms with Crippen LogP contribution in [0.4, 0.5) is 13.2 Å². The van der Waals surface area contributed by atoms with Gasteiger partial charge in [-0.3, -0.25) is 9.59 Å². The molecule has 0 spiro atoms. The first-order valence-electron chi connectivity index (χ1n) is 7.12. The van der Waals surface area contributed by atoms with Crippen LogP contribution in [0.25, 0.3) is 0 Å². The summed E-state index contributed by atoms with van der Waals surface area (Å²) in [6, 6.07) is 2.21. The first kappa shape index (κ1) is 20.9. The van der Waals surface area contributed by atoms with Gasteiger partial charge in [-0.25, -0.2) is 13.1 Å². The van der Waals surface area contributed by atoms with Crippen molar-refractivity contribution in [1.82, 2.24) is 10.0 Å². The number of carboxylic acid groups (broad SMARTS) is 1. The summed E-state index contributed by atoms with van der Waals surface area (Å²) in [5, 5.41) is 10.8. The third kappa shape index (κ3) is 6.70. The van der Waals surface area contributed by atoms with Crippen LogP contribution >= 0.6 is 0 Å². The molecule has 0 heterocycles. The molecule has 7 nitrogen and oxygen atoms in total. The number of carbonyl (C=O) groups excluding carboxylic acids is 1. The van der Waals surface area contributed by atoms with Crippen LogP contribution in [-0.2, 0) is 25.8 Å². The van der Waals surface area contributed by atoms with Crippen LogP contribution in [0.1, 0.15) is 25.3 Å². The Morgan fingerprint density at radius 1 is 1.28 bits per heavy atom. The minimum absolute atomic E-state index is 0.0519. The molecule has 0 aliphatic rings. The topological polar surface area (TPSA) is 113 Å². The van der Waals surface area contributed by atoms with Gasteiger partial charge in [0.15, 0.2) is 0 Å². The molecule has 1 atom stereocenters. The number of carbonyl (C=O) groups is 2. The molecule has 25 heavy (non-hydrogen) atoms.